The minimum atomic E-state index is 0. The number of likely N-dealkylation sites (N-methyl/N-ethyl adjacent to an activating group) is 1. The van der Waals surface area contributed by atoms with Crippen molar-refractivity contribution >= 4 is 22.8 Å². The van der Waals surface area contributed by atoms with Crippen LogP contribution in [0.5, 0.6) is 5.75 Å². The minimum absolute atomic E-state index is 0. The summed E-state index contributed by atoms with van der Waals surface area (Å²) in [5, 5.41) is 0. The van der Waals surface area contributed by atoms with Gasteiger partial charge in [-0.2, -0.15) is 0 Å². The molecule has 1 aliphatic rings. The molecule has 21 heavy (non-hydrogen) atoms. The van der Waals surface area contributed by atoms with E-state index in [2.05, 4.69) is 16.8 Å². The van der Waals surface area contributed by atoms with Crippen molar-refractivity contribution in [3.63, 3.8) is 0 Å². The smallest absolute Gasteiger partial charge is 0.180 e. The van der Waals surface area contributed by atoms with E-state index in [1.165, 1.54) is 0 Å². The number of Topliss-reactive ketones (excluding diaryl/α,β-unsaturated/α-hetero) is 1. The van der Waals surface area contributed by atoms with Gasteiger partial charge in [-0.15, -0.1) is 17.0 Å². The first kappa shape index (κ1) is 18.1. The van der Waals surface area contributed by atoms with Crippen LogP contribution in [0.2, 0.25) is 0 Å². The predicted octanol–water partition coefficient (Wildman–Crippen LogP) is 2.48. The summed E-state index contributed by atoms with van der Waals surface area (Å²) in [5.74, 6) is 0.790. The number of piperidine rings is 1. The van der Waals surface area contributed by atoms with E-state index in [1.54, 1.807) is 7.11 Å². The quantitative estimate of drug-likeness (QED) is 0.758. The van der Waals surface area contributed by atoms with Gasteiger partial charge in [0.25, 0.3) is 0 Å². The second-order valence-electron chi connectivity index (χ2n) is 5.57. The van der Waals surface area contributed by atoms with Crippen LogP contribution in [0.15, 0.2) is 24.3 Å². The van der Waals surface area contributed by atoms with E-state index in [0.717, 1.165) is 25.9 Å². The molecule has 0 atom stereocenters. The zero-order chi connectivity index (χ0) is 14.5. The summed E-state index contributed by atoms with van der Waals surface area (Å²) in [7, 11) is 5.80. The molecule has 0 unspecified atom stereocenters. The highest BCUT2D eigenvalue weighted by atomic mass is 79.9. The summed E-state index contributed by atoms with van der Waals surface area (Å²) in [5.41, 5.74) is 0.676. The van der Waals surface area contributed by atoms with Crippen LogP contribution < -0.4 is 4.74 Å². The van der Waals surface area contributed by atoms with Crippen molar-refractivity contribution in [1.82, 2.24) is 9.80 Å². The largest absolute Gasteiger partial charge is 0.496 e. The van der Waals surface area contributed by atoms with Crippen molar-refractivity contribution < 1.29 is 9.53 Å². The zero-order valence-corrected chi connectivity index (χ0v) is 14.8. The van der Waals surface area contributed by atoms with Crippen molar-refractivity contribution in [3.8, 4) is 5.75 Å². The van der Waals surface area contributed by atoms with Gasteiger partial charge in [0, 0.05) is 6.04 Å². The van der Waals surface area contributed by atoms with Gasteiger partial charge in [-0.25, -0.2) is 0 Å². The van der Waals surface area contributed by atoms with E-state index < -0.39 is 0 Å². The third-order valence-corrected chi connectivity index (χ3v) is 4.11. The molecule has 0 spiro atoms. The maximum Gasteiger partial charge on any atom is 0.180 e. The number of ether oxygens (including phenoxy) is 1. The molecule has 1 aromatic rings. The highest BCUT2D eigenvalue weighted by Crippen LogP contribution is 2.20. The molecule has 1 saturated heterocycles. The fraction of sp³-hybridized carbons (Fsp3) is 0.562. The van der Waals surface area contributed by atoms with Crippen molar-refractivity contribution in [2.75, 3.05) is 40.8 Å². The van der Waals surface area contributed by atoms with Crippen LogP contribution in [0.25, 0.3) is 0 Å². The Balaban J connectivity index is 0.00000220. The van der Waals surface area contributed by atoms with Gasteiger partial charge in [-0.05, 0) is 52.2 Å². The van der Waals surface area contributed by atoms with Gasteiger partial charge in [-0.3, -0.25) is 9.69 Å². The summed E-state index contributed by atoms with van der Waals surface area (Å²) in [6.07, 6.45) is 2.26. The molecule has 0 bridgehead atoms. The standard InChI is InChI=1S/C16H24N2O2.BrH/c1-17-10-8-13(9-11-17)18(2)12-15(19)14-6-4-5-7-16(14)20-3;/h4-7,13H,8-12H2,1-3H3;1H. The lowest BCUT2D eigenvalue weighted by atomic mass is 10.0. The lowest BCUT2D eigenvalue weighted by Crippen LogP contribution is -2.43. The first-order valence-electron chi connectivity index (χ1n) is 7.17. The number of carbonyl (C=O) groups is 1. The molecule has 1 aromatic carbocycles. The normalized spacial score (nSPS) is 16.6. The Morgan fingerprint density at radius 2 is 1.95 bits per heavy atom. The molecule has 0 amide bonds. The number of methoxy groups -OCH3 is 1. The molecule has 0 radical (unpaired) electrons. The van der Waals surface area contributed by atoms with Crippen molar-refractivity contribution in [2.45, 2.75) is 18.9 Å². The molecule has 1 fully saturated rings. The number of carbonyl (C=O) groups excluding carboxylic acids is 1. The van der Waals surface area contributed by atoms with Gasteiger partial charge in [0.2, 0.25) is 0 Å². The fourth-order valence-electron chi connectivity index (χ4n) is 2.75. The first-order chi connectivity index (χ1) is 9.61. The third kappa shape index (κ3) is 4.80. The number of hydrogen-bond acceptors (Lipinski definition) is 4. The molecule has 1 heterocycles. The van der Waals surface area contributed by atoms with Crippen LogP contribution >= 0.6 is 17.0 Å². The van der Waals surface area contributed by atoms with Crippen LogP contribution in [-0.2, 0) is 0 Å². The van der Waals surface area contributed by atoms with Crippen molar-refractivity contribution in [2.24, 2.45) is 0 Å². The monoisotopic (exact) mass is 356 g/mol. The third-order valence-electron chi connectivity index (χ3n) is 4.11. The Morgan fingerprint density at radius 1 is 1.33 bits per heavy atom. The molecule has 0 aliphatic carbocycles. The Bertz CT molecular complexity index is 459. The second kappa shape index (κ2) is 8.51. The van der Waals surface area contributed by atoms with Gasteiger partial charge >= 0.3 is 0 Å². The number of nitrogens with zero attached hydrogens (tertiary/aromatic N) is 2. The van der Waals surface area contributed by atoms with Gasteiger partial charge in [0.15, 0.2) is 5.78 Å². The number of halogens is 1. The molecule has 4 nitrogen and oxygen atoms in total. The molecule has 0 N–H and O–H groups in total. The number of likely N-dealkylation sites (tertiary alicyclic amines) is 1. The van der Waals surface area contributed by atoms with Gasteiger partial charge in [-0.1, -0.05) is 12.1 Å². The number of benzene rings is 1. The maximum atomic E-state index is 12.4. The summed E-state index contributed by atoms with van der Waals surface area (Å²) in [6, 6.07) is 7.94. The SMILES string of the molecule is Br.COc1ccccc1C(=O)CN(C)C1CCN(C)CC1. The predicted molar refractivity (Wildman–Crippen MR) is 90.8 cm³/mol. The summed E-state index contributed by atoms with van der Waals surface area (Å²) in [6.45, 7) is 2.67. The highest BCUT2D eigenvalue weighted by Gasteiger charge is 2.23. The molecule has 1 aliphatic heterocycles. The molecule has 5 heteroatoms. The Labute approximate surface area is 137 Å². The first-order valence-corrected chi connectivity index (χ1v) is 7.17. The fourth-order valence-corrected chi connectivity index (χ4v) is 2.75. The average Bonchev–Trinajstić information content (AvgIpc) is 2.47. The number of para-hydroxylation sites is 1. The summed E-state index contributed by atoms with van der Waals surface area (Å²) < 4.78 is 5.26. The highest BCUT2D eigenvalue weighted by molar-refractivity contribution is 8.93. The van der Waals surface area contributed by atoms with Crippen LogP contribution in [0, 0.1) is 0 Å². The van der Waals surface area contributed by atoms with E-state index in [1.807, 2.05) is 31.3 Å². The molecular formula is C16H25BrN2O2. The van der Waals surface area contributed by atoms with Crippen LogP contribution in [0.4, 0.5) is 0 Å². The number of rotatable bonds is 5. The Hall–Kier alpha value is -0.910. The van der Waals surface area contributed by atoms with Crippen LogP contribution in [0.1, 0.15) is 23.2 Å². The molecule has 118 valence electrons. The molecule has 0 saturated carbocycles. The van der Waals surface area contributed by atoms with E-state index in [4.69, 9.17) is 4.74 Å². The molecular weight excluding hydrogens is 332 g/mol. The second-order valence-corrected chi connectivity index (χ2v) is 5.57. The Kier molecular flexibility index (Phi) is 7.35. The van der Waals surface area contributed by atoms with Crippen molar-refractivity contribution in [1.29, 1.82) is 0 Å². The van der Waals surface area contributed by atoms with Crippen molar-refractivity contribution in [3.05, 3.63) is 29.8 Å². The lowest BCUT2D eigenvalue weighted by molar-refractivity contribution is 0.0869. The molecule has 0 aromatic heterocycles. The van der Waals surface area contributed by atoms with E-state index in [9.17, 15) is 4.79 Å². The summed E-state index contributed by atoms with van der Waals surface area (Å²) in [4.78, 5) is 16.9. The molecule has 2 rings (SSSR count). The van der Waals surface area contributed by atoms with Gasteiger partial charge in [0.1, 0.15) is 5.75 Å². The van der Waals surface area contributed by atoms with E-state index in [0.29, 0.717) is 23.9 Å². The minimum Gasteiger partial charge on any atom is -0.496 e. The number of ketones is 1. The summed E-state index contributed by atoms with van der Waals surface area (Å²) >= 11 is 0. The number of hydrogen-bond donors (Lipinski definition) is 0. The van der Waals surface area contributed by atoms with Crippen LogP contribution in [-0.4, -0.2) is 62.5 Å². The van der Waals surface area contributed by atoms with Crippen LogP contribution in [0.3, 0.4) is 0 Å². The average molecular weight is 357 g/mol. The maximum absolute atomic E-state index is 12.4. The zero-order valence-electron chi connectivity index (χ0n) is 13.0. The van der Waals surface area contributed by atoms with E-state index in [-0.39, 0.29) is 22.8 Å². The Morgan fingerprint density at radius 3 is 2.57 bits per heavy atom. The topological polar surface area (TPSA) is 32.8 Å². The lowest BCUT2D eigenvalue weighted by Gasteiger charge is -2.34. The van der Waals surface area contributed by atoms with Gasteiger partial charge in [0.05, 0.1) is 19.2 Å². The van der Waals surface area contributed by atoms with E-state index >= 15 is 0 Å². The van der Waals surface area contributed by atoms with Gasteiger partial charge < -0.3 is 9.64 Å².